The van der Waals surface area contributed by atoms with Crippen molar-refractivity contribution in [2.45, 2.75) is 45.1 Å². The summed E-state index contributed by atoms with van der Waals surface area (Å²) < 4.78 is 10.8. The van der Waals surface area contributed by atoms with Crippen LogP contribution in [-0.2, 0) is 22.4 Å². The molecule has 0 saturated heterocycles. The number of amides is 1. The fraction of sp³-hybridized carbons (Fsp3) is 0.429. The minimum Gasteiger partial charge on any atom is -0.465 e. The van der Waals surface area contributed by atoms with Gasteiger partial charge >= 0.3 is 0 Å². The van der Waals surface area contributed by atoms with Gasteiger partial charge in [0.2, 0.25) is 0 Å². The molecule has 3 aliphatic rings. The standard InChI is InChI=1S/C21H24N6O4/c1-12-16-8-14(7-13(16)4-6-22-12)23-5-2-3-15-10-27(21(29)31-15)17-9-24-20-19(25-17)26-18(28)11-30-20/h4,6,9-10,14,21,23,29H,2-3,5,7-8,11H2,1H3,(H,25,26,28). The number of nitrogens with zero attached hydrogens (tertiary/aromatic N) is 4. The van der Waals surface area contributed by atoms with Gasteiger partial charge in [0.25, 0.3) is 18.2 Å². The number of hydrogen-bond donors (Lipinski definition) is 3. The number of rotatable bonds is 6. The van der Waals surface area contributed by atoms with Crippen LogP contribution in [0, 0.1) is 6.92 Å². The zero-order valence-electron chi connectivity index (χ0n) is 17.2. The zero-order chi connectivity index (χ0) is 21.4. The van der Waals surface area contributed by atoms with Gasteiger partial charge in [-0.2, -0.15) is 0 Å². The monoisotopic (exact) mass is 424 g/mol. The van der Waals surface area contributed by atoms with E-state index in [4.69, 9.17) is 9.47 Å². The number of carbonyl (C=O) groups is 1. The molecule has 4 heterocycles. The van der Waals surface area contributed by atoms with Crippen molar-refractivity contribution in [1.29, 1.82) is 0 Å². The summed E-state index contributed by atoms with van der Waals surface area (Å²) in [6.07, 6.45) is 7.47. The van der Waals surface area contributed by atoms with E-state index in [0.717, 1.165) is 31.5 Å². The highest BCUT2D eigenvalue weighted by Crippen LogP contribution is 2.30. The molecule has 3 N–H and O–H groups in total. The van der Waals surface area contributed by atoms with Gasteiger partial charge in [0.15, 0.2) is 18.2 Å². The van der Waals surface area contributed by atoms with Crippen molar-refractivity contribution in [3.8, 4) is 5.88 Å². The lowest BCUT2D eigenvalue weighted by Crippen LogP contribution is -2.30. The van der Waals surface area contributed by atoms with Gasteiger partial charge in [0.05, 0.1) is 6.20 Å². The minimum absolute atomic E-state index is 0.0853. The van der Waals surface area contributed by atoms with E-state index < -0.39 is 6.41 Å². The molecule has 31 heavy (non-hydrogen) atoms. The zero-order valence-corrected chi connectivity index (χ0v) is 17.2. The first-order valence-corrected chi connectivity index (χ1v) is 10.4. The first-order valence-electron chi connectivity index (χ1n) is 10.4. The average Bonchev–Trinajstić information content (AvgIpc) is 3.34. The van der Waals surface area contributed by atoms with Crippen LogP contribution in [0.3, 0.4) is 0 Å². The Labute approximate surface area is 179 Å². The molecule has 2 aliphatic heterocycles. The maximum atomic E-state index is 11.5. The second-order valence-electron chi connectivity index (χ2n) is 7.86. The molecular formula is C21H24N6O4. The fourth-order valence-electron chi connectivity index (χ4n) is 4.14. The summed E-state index contributed by atoms with van der Waals surface area (Å²) in [5.41, 5.74) is 3.88. The largest absolute Gasteiger partial charge is 0.465 e. The third-order valence-electron chi connectivity index (χ3n) is 5.68. The van der Waals surface area contributed by atoms with Crippen molar-refractivity contribution in [2.24, 2.45) is 0 Å². The van der Waals surface area contributed by atoms with Crippen LogP contribution in [0.25, 0.3) is 0 Å². The molecule has 2 aromatic heterocycles. The molecule has 1 aliphatic carbocycles. The van der Waals surface area contributed by atoms with Crippen LogP contribution in [0.15, 0.2) is 30.4 Å². The van der Waals surface area contributed by atoms with Crippen LogP contribution in [0.2, 0.25) is 0 Å². The van der Waals surface area contributed by atoms with Crippen LogP contribution in [0.4, 0.5) is 11.6 Å². The lowest BCUT2D eigenvalue weighted by molar-refractivity contribution is -0.118. The summed E-state index contributed by atoms with van der Waals surface area (Å²) in [5, 5.41) is 16.5. The summed E-state index contributed by atoms with van der Waals surface area (Å²) in [7, 11) is 0. The molecule has 10 heteroatoms. The van der Waals surface area contributed by atoms with Gasteiger partial charge in [0, 0.05) is 30.6 Å². The average molecular weight is 424 g/mol. The molecule has 2 atom stereocenters. The van der Waals surface area contributed by atoms with Crippen molar-refractivity contribution in [2.75, 3.05) is 23.4 Å². The lowest BCUT2D eigenvalue weighted by Gasteiger charge is -2.21. The number of aromatic nitrogens is 3. The van der Waals surface area contributed by atoms with Crippen LogP contribution in [0.5, 0.6) is 5.88 Å². The number of anilines is 2. The second-order valence-corrected chi connectivity index (χ2v) is 7.86. The molecule has 0 bridgehead atoms. The van der Waals surface area contributed by atoms with Crippen molar-refractivity contribution in [3.63, 3.8) is 0 Å². The molecule has 2 aromatic rings. The Hall–Kier alpha value is -3.24. The van der Waals surface area contributed by atoms with Crippen molar-refractivity contribution < 1.29 is 19.4 Å². The molecule has 0 saturated carbocycles. The highest BCUT2D eigenvalue weighted by atomic mass is 16.6. The molecule has 5 rings (SSSR count). The number of hydrogen-bond acceptors (Lipinski definition) is 9. The third kappa shape index (κ3) is 4.04. The maximum absolute atomic E-state index is 11.5. The highest BCUT2D eigenvalue weighted by Gasteiger charge is 2.28. The highest BCUT2D eigenvalue weighted by molar-refractivity contribution is 5.93. The number of allylic oxidation sites excluding steroid dienone is 1. The molecule has 0 radical (unpaired) electrons. The van der Waals surface area contributed by atoms with Gasteiger partial charge in [-0.1, -0.05) is 0 Å². The van der Waals surface area contributed by atoms with Crippen LogP contribution < -0.4 is 20.3 Å². The number of ether oxygens (including phenoxy) is 2. The second kappa shape index (κ2) is 8.12. The number of nitrogens with one attached hydrogen (secondary N) is 2. The minimum atomic E-state index is -1.18. The van der Waals surface area contributed by atoms with Crippen LogP contribution >= 0.6 is 0 Å². The van der Waals surface area contributed by atoms with E-state index in [1.165, 1.54) is 22.2 Å². The van der Waals surface area contributed by atoms with E-state index in [2.05, 4.69) is 38.6 Å². The molecule has 162 valence electrons. The van der Waals surface area contributed by atoms with Crippen LogP contribution in [-0.4, -0.2) is 51.6 Å². The van der Waals surface area contributed by atoms with E-state index in [1.54, 1.807) is 6.20 Å². The van der Waals surface area contributed by atoms with Gasteiger partial charge < -0.3 is 25.2 Å². The van der Waals surface area contributed by atoms with Gasteiger partial charge in [0.1, 0.15) is 5.76 Å². The van der Waals surface area contributed by atoms with E-state index in [1.807, 2.05) is 6.20 Å². The Morgan fingerprint density at radius 3 is 3.13 bits per heavy atom. The first-order chi connectivity index (χ1) is 15.1. The summed E-state index contributed by atoms with van der Waals surface area (Å²) >= 11 is 0. The quantitative estimate of drug-likeness (QED) is 0.583. The summed E-state index contributed by atoms with van der Waals surface area (Å²) in [6, 6.07) is 2.54. The predicted octanol–water partition coefficient (Wildman–Crippen LogP) is 1.00. The Kier molecular flexibility index (Phi) is 5.16. The SMILES string of the molecule is Cc1nccc2c1CC(NCCCC1=CN(c3cnc4c(n3)NC(=O)CO4)C(O)O1)C2. The smallest absolute Gasteiger partial charge is 0.286 e. The van der Waals surface area contributed by atoms with E-state index in [9.17, 15) is 9.90 Å². The molecular weight excluding hydrogens is 400 g/mol. The maximum Gasteiger partial charge on any atom is 0.286 e. The van der Waals surface area contributed by atoms with Crippen LogP contribution in [0.1, 0.15) is 29.7 Å². The number of pyridine rings is 1. The van der Waals surface area contributed by atoms with E-state index >= 15 is 0 Å². The van der Waals surface area contributed by atoms with Gasteiger partial charge in [-0.15, -0.1) is 0 Å². The van der Waals surface area contributed by atoms with Crippen molar-refractivity contribution in [1.82, 2.24) is 20.3 Å². The Balaban J connectivity index is 1.14. The number of aryl methyl sites for hydroxylation is 1. The van der Waals surface area contributed by atoms with E-state index in [0.29, 0.717) is 24.0 Å². The summed E-state index contributed by atoms with van der Waals surface area (Å²) in [5.74, 6) is 1.22. The lowest BCUT2D eigenvalue weighted by atomic mass is 10.1. The number of carbonyl (C=O) groups excluding carboxylic acids is 1. The summed E-state index contributed by atoms with van der Waals surface area (Å²) in [4.78, 5) is 25.8. The van der Waals surface area contributed by atoms with E-state index in [-0.39, 0.29) is 24.2 Å². The first kappa shape index (κ1) is 19.7. The third-order valence-corrected chi connectivity index (χ3v) is 5.68. The number of aliphatic hydroxyl groups is 1. The molecule has 0 spiro atoms. The van der Waals surface area contributed by atoms with Crippen molar-refractivity contribution in [3.05, 3.63) is 47.2 Å². The topological polar surface area (TPSA) is 122 Å². The molecule has 10 nitrogen and oxygen atoms in total. The predicted molar refractivity (Wildman–Crippen MR) is 111 cm³/mol. The molecule has 0 aromatic carbocycles. The number of fused-ring (bicyclic) bond motifs is 2. The van der Waals surface area contributed by atoms with Gasteiger partial charge in [-0.3, -0.25) is 14.7 Å². The van der Waals surface area contributed by atoms with Gasteiger partial charge in [-0.25, -0.2) is 9.97 Å². The summed E-state index contributed by atoms with van der Waals surface area (Å²) in [6.45, 7) is 2.83. The van der Waals surface area contributed by atoms with Crippen molar-refractivity contribution >= 4 is 17.5 Å². The molecule has 1 amide bonds. The fourth-order valence-corrected chi connectivity index (χ4v) is 4.14. The normalized spacial score (nSPS) is 21.7. The number of aliphatic hydroxyl groups excluding tert-OH is 1. The Morgan fingerprint density at radius 2 is 2.26 bits per heavy atom. The van der Waals surface area contributed by atoms with Gasteiger partial charge in [-0.05, 0) is 49.9 Å². The Bertz CT molecular complexity index is 1040. The Morgan fingerprint density at radius 1 is 1.35 bits per heavy atom. The molecule has 2 unspecified atom stereocenters. The molecule has 0 fully saturated rings.